The van der Waals surface area contributed by atoms with Gasteiger partial charge in [0.15, 0.2) is 0 Å². The molecule has 0 bridgehead atoms. The lowest BCUT2D eigenvalue weighted by atomic mass is 9.81. The minimum Gasteiger partial charge on any atom is -0.312 e. The highest BCUT2D eigenvalue weighted by molar-refractivity contribution is 5.28. The second-order valence-corrected chi connectivity index (χ2v) is 7.26. The van der Waals surface area contributed by atoms with Crippen molar-refractivity contribution in [2.75, 3.05) is 6.54 Å². The summed E-state index contributed by atoms with van der Waals surface area (Å²) in [4.78, 5) is 0. The summed E-state index contributed by atoms with van der Waals surface area (Å²) >= 11 is 0. The molecule has 0 aliphatic rings. The van der Waals surface area contributed by atoms with Gasteiger partial charge in [-0.1, -0.05) is 51.5 Å². The zero-order chi connectivity index (χ0) is 14.5. The van der Waals surface area contributed by atoms with E-state index in [1.807, 2.05) is 0 Å². The summed E-state index contributed by atoms with van der Waals surface area (Å²) in [5, 5.41) is 3.58. The third kappa shape index (κ3) is 5.78. The van der Waals surface area contributed by atoms with E-state index in [9.17, 15) is 0 Å². The molecule has 0 spiro atoms. The van der Waals surface area contributed by atoms with Crippen molar-refractivity contribution < 1.29 is 0 Å². The van der Waals surface area contributed by atoms with E-state index in [2.05, 4.69) is 71.1 Å². The molecular weight excluding hydrogens is 230 g/mol. The van der Waals surface area contributed by atoms with Gasteiger partial charge in [-0.15, -0.1) is 0 Å². The summed E-state index contributed by atoms with van der Waals surface area (Å²) in [6.07, 6.45) is 3.57. The highest BCUT2D eigenvalue weighted by Crippen LogP contribution is 2.27. The van der Waals surface area contributed by atoms with Crippen molar-refractivity contribution in [1.82, 2.24) is 5.32 Å². The molecule has 0 saturated heterocycles. The lowest BCUT2D eigenvalue weighted by Gasteiger charge is -2.28. The highest BCUT2D eigenvalue weighted by Gasteiger charge is 2.21. The van der Waals surface area contributed by atoms with Gasteiger partial charge < -0.3 is 5.32 Å². The van der Waals surface area contributed by atoms with Crippen LogP contribution < -0.4 is 5.32 Å². The number of hydrogen-bond acceptors (Lipinski definition) is 1. The molecule has 1 rings (SSSR count). The van der Waals surface area contributed by atoms with Gasteiger partial charge in [-0.05, 0) is 56.7 Å². The van der Waals surface area contributed by atoms with Crippen LogP contribution in [-0.4, -0.2) is 12.1 Å². The van der Waals surface area contributed by atoms with Crippen LogP contribution in [0.4, 0.5) is 0 Å². The fourth-order valence-electron chi connectivity index (χ4n) is 2.31. The number of hydrogen-bond donors (Lipinski definition) is 1. The van der Waals surface area contributed by atoms with E-state index in [-0.39, 0.29) is 11.0 Å². The van der Waals surface area contributed by atoms with E-state index in [0.717, 1.165) is 13.0 Å². The summed E-state index contributed by atoms with van der Waals surface area (Å²) in [5.74, 6) is 0. The molecule has 1 nitrogen and oxygen atoms in total. The Morgan fingerprint density at radius 2 is 1.53 bits per heavy atom. The Bertz CT molecular complexity index is 368. The predicted octanol–water partition coefficient (Wildman–Crippen LogP) is 4.69. The van der Waals surface area contributed by atoms with E-state index in [0.29, 0.717) is 0 Å². The molecule has 0 aliphatic carbocycles. The Kier molecular flexibility index (Phi) is 5.61. The Hall–Kier alpha value is -0.820. The first-order valence-electron chi connectivity index (χ1n) is 7.59. The average Bonchev–Trinajstić information content (AvgIpc) is 2.28. The van der Waals surface area contributed by atoms with Gasteiger partial charge in [-0.3, -0.25) is 0 Å². The largest absolute Gasteiger partial charge is 0.312 e. The molecule has 108 valence electrons. The third-order valence-electron chi connectivity index (χ3n) is 3.68. The Morgan fingerprint density at radius 1 is 0.947 bits per heavy atom. The molecule has 0 aliphatic heterocycles. The minimum absolute atomic E-state index is 0.209. The molecule has 0 heterocycles. The van der Waals surface area contributed by atoms with Gasteiger partial charge in [-0.2, -0.15) is 0 Å². The van der Waals surface area contributed by atoms with Crippen molar-refractivity contribution in [2.24, 2.45) is 0 Å². The quantitative estimate of drug-likeness (QED) is 0.783. The molecule has 1 aromatic carbocycles. The molecule has 19 heavy (non-hydrogen) atoms. The van der Waals surface area contributed by atoms with E-state index in [4.69, 9.17) is 0 Å². The summed E-state index contributed by atoms with van der Waals surface area (Å²) < 4.78 is 0. The van der Waals surface area contributed by atoms with Crippen LogP contribution in [-0.2, 0) is 11.8 Å². The van der Waals surface area contributed by atoms with Crippen molar-refractivity contribution in [1.29, 1.82) is 0 Å². The Labute approximate surface area is 119 Å². The molecule has 0 radical (unpaired) electrons. The first-order valence-corrected chi connectivity index (χ1v) is 7.59. The van der Waals surface area contributed by atoms with Crippen LogP contribution in [0.1, 0.15) is 65.5 Å². The van der Waals surface area contributed by atoms with E-state index >= 15 is 0 Å². The van der Waals surface area contributed by atoms with E-state index < -0.39 is 0 Å². The highest BCUT2D eigenvalue weighted by atomic mass is 14.9. The number of nitrogens with one attached hydrogen (secondary N) is 1. The zero-order valence-corrected chi connectivity index (χ0v) is 13.6. The number of rotatable bonds is 6. The van der Waals surface area contributed by atoms with E-state index in [1.165, 1.54) is 24.0 Å². The molecule has 1 aromatic rings. The molecule has 0 fully saturated rings. The topological polar surface area (TPSA) is 12.0 Å². The molecule has 0 unspecified atom stereocenters. The van der Waals surface area contributed by atoms with Gasteiger partial charge in [0, 0.05) is 5.54 Å². The molecule has 0 aromatic heterocycles. The van der Waals surface area contributed by atoms with Crippen LogP contribution in [0, 0.1) is 0 Å². The van der Waals surface area contributed by atoms with Crippen molar-refractivity contribution >= 4 is 0 Å². The fourth-order valence-corrected chi connectivity index (χ4v) is 2.31. The van der Waals surface area contributed by atoms with Gasteiger partial charge in [0.25, 0.3) is 0 Å². The zero-order valence-electron chi connectivity index (χ0n) is 13.6. The maximum atomic E-state index is 3.58. The fraction of sp³-hybridized carbons (Fsp3) is 0.667. The van der Waals surface area contributed by atoms with Gasteiger partial charge in [0.2, 0.25) is 0 Å². The van der Waals surface area contributed by atoms with Crippen molar-refractivity contribution in [3.05, 3.63) is 35.4 Å². The molecule has 0 amide bonds. The second kappa shape index (κ2) is 6.56. The first kappa shape index (κ1) is 16.2. The molecular formula is C18H31N. The predicted molar refractivity (Wildman–Crippen MR) is 85.8 cm³/mol. The summed E-state index contributed by atoms with van der Waals surface area (Å²) in [6.45, 7) is 14.6. The maximum Gasteiger partial charge on any atom is 0.00965 e. The van der Waals surface area contributed by atoms with Crippen LogP contribution in [0.3, 0.4) is 0 Å². The van der Waals surface area contributed by atoms with Crippen molar-refractivity contribution in [2.45, 2.75) is 71.8 Å². The van der Waals surface area contributed by atoms with Crippen LogP contribution >= 0.6 is 0 Å². The van der Waals surface area contributed by atoms with E-state index in [1.54, 1.807) is 0 Å². The number of aryl methyl sites for hydroxylation is 1. The van der Waals surface area contributed by atoms with Gasteiger partial charge >= 0.3 is 0 Å². The van der Waals surface area contributed by atoms with Crippen LogP contribution in [0.5, 0.6) is 0 Å². The smallest absolute Gasteiger partial charge is 0.00965 e. The molecule has 0 saturated carbocycles. The maximum absolute atomic E-state index is 3.58. The minimum atomic E-state index is 0.209. The third-order valence-corrected chi connectivity index (χ3v) is 3.68. The summed E-state index contributed by atoms with van der Waals surface area (Å²) in [7, 11) is 0. The Balaban J connectivity index is 2.60. The SMILES string of the molecule is CCCc1ccc(C(C)(C)CCNC(C)(C)C)cc1. The lowest BCUT2D eigenvalue weighted by molar-refractivity contribution is 0.379. The van der Waals surface area contributed by atoms with Crippen molar-refractivity contribution in [3.63, 3.8) is 0 Å². The molecule has 1 heteroatoms. The summed E-state index contributed by atoms with van der Waals surface area (Å²) in [6, 6.07) is 9.19. The average molecular weight is 261 g/mol. The monoisotopic (exact) mass is 261 g/mol. The standard InChI is InChI=1S/C18H31N/c1-7-8-15-9-11-16(12-10-15)18(5,6)13-14-19-17(2,3)4/h9-12,19H,7-8,13-14H2,1-6H3. The molecule has 0 atom stereocenters. The number of benzene rings is 1. The van der Waals surface area contributed by atoms with Crippen LogP contribution in [0.25, 0.3) is 0 Å². The van der Waals surface area contributed by atoms with Crippen LogP contribution in [0.2, 0.25) is 0 Å². The molecule has 1 N–H and O–H groups in total. The Morgan fingerprint density at radius 3 is 2.00 bits per heavy atom. The van der Waals surface area contributed by atoms with Crippen LogP contribution in [0.15, 0.2) is 24.3 Å². The normalized spacial score (nSPS) is 12.7. The second-order valence-electron chi connectivity index (χ2n) is 7.26. The van der Waals surface area contributed by atoms with Gasteiger partial charge in [-0.25, -0.2) is 0 Å². The summed E-state index contributed by atoms with van der Waals surface area (Å²) in [5.41, 5.74) is 3.35. The van der Waals surface area contributed by atoms with Crippen molar-refractivity contribution in [3.8, 4) is 0 Å². The van der Waals surface area contributed by atoms with Gasteiger partial charge in [0.1, 0.15) is 0 Å². The first-order chi connectivity index (χ1) is 8.74. The van der Waals surface area contributed by atoms with Gasteiger partial charge in [0.05, 0.1) is 0 Å². The lowest BCUT2D eigenvalue weighted by Crippen LogP contribution is -2.38.